The van der Waals surface area contributed by atoms with Crippen LogP contribution >= 0.6 is 0 Å². The molecule has 0 aliphatic heterocycles. The summed E-state index contributed by atoms with van der Waals surface area (Å²) in [6, 6.07) is -0.206. The van der Waals surface area contributed by atoms with Gasteiger partial charge in [0.15, 0.2) is 0 Å². The number of methoxy groups -OCH3 is 2. The lowest BCUT2D eigenvalue weighted by Gasteiger charge is -2.15. The van der Waals surface area contributed by atoms with E-state index in [1.807, 2.05) is 0 Å². The Morgan fingerprint density at radius 1 is 1.29 bits per heavy atom. The zero-order valence-electron chi connectivity index (χ0n) is 9.67. The van der Waals surface area contributed by atoms with E-state index in [-0.39, 0.29) is 30.6 Å². The van der Waals surface area contributed by atoms with Crippen LogP contribution in [0.15, 0.2) is 0 Å². The molecule has 0 aliphatic carbocycles. The van der Waals surface area contributed by atoms with Crippen LogP contribution in [0.4, 0.5) is 11.9 Å². The normalized spacial score (nSPS) is 12.0. The molecule has 9 nitrogen and oxygen atoms in total. The molecule has 1 aromatic rings. The summed E-state index contributed by atoms with van der Waals surface area (Å²) < 4.78 is 9.80. The van der Waals surface area contributed by atoms with Gasteiger partial charge in [-0.2, -0.15) is 15.0 Å². The van der Waals surface area contributed by atoms with Crippen molar-refractivity contribution in [2.24, 2.45) is 5.84 Å². The third-order valence-corrected chi connectivity index (χ3v) is 1.85. The first-order valence-electron chi connectivity index (χ1n) is 4.86. The average Bonchev–Trinajstić information content (AvgIpc) is 2.37. The molecule has 0 saturated heterocycles. The van der Waals surface area contributed by atoms with Crippen molar-refractivity contribution in [2.45, 2.75) is 6.04 Å². The Kier molecular flexibility index (Phi) is 5.33. The van der Waals surface area contributed by atoms with E-state index in [2.05, 4.69) is 25.7 Å². The highest BCUT2D eigenvalue weighted by atomic mass is 16.5. The van der Waals surface area contributed by atoms with Gasteiger partial charge in [0, 0.05) is 7.11 Å². The van der Waals surface area contributed by atoms with Gasteiger partial charge in [-0.1, -0.05) is 0 Å². The van der Waals surface area contributed by atoms with E-state index < -0.39 is 0 Å². The second-order valence-corrected chi connectivity index (χ2v) is 3.09. The summed E-state index contributed by atoms with van der Waals surface area (Å²) in [6.45, 7) is 0.198. The van der Waals surface area contributed by atoms with E-state index in [0.29, 0.717) is 6.61 Å². The molecule has 0 amide bonds. The van der Waals surface area contributed by atoms with Gasteiger partial charge in [0.2, 0.25) is 11.9 Å². The molecule has 17 heavy (non-hydrogen) atoms. The third kappa shape index (κ3) is 3.98. The molecule has 0 radical (unpaired) electrons. The zero-order chi connectivity index (χ0) is 12.7. The lowest BCUT2D eigenvalue weighted by molar-refractivity contribution is 0.153. The number of nitrogen functional groups attached to an aromatic ring is 1. The quantitative estimate of drug-likeness (QED) is 0.337. The second-order valence-electron chi connectivity index (χ2n) is 3.09. The molecule has 1 atom stereocenters. The summed E-state index contributed by atoms with van der Waals surface area (Å²) in [7, 11) is 2.96. The summed E-state index contributed by atoms with van der Waals surface area (Å²) in [5, 5.41) is 12.0. The highest BCUT2D eigenvalue weighted by Crippen LogP contribution is 2.10. The fourth-order valence-corrected chi connectivity index (χ4v) is 1.10. The van der Waals surface area contributed by atoms with Crippen molar-refractivity contribution in [3.63, 3.8) is 0 Å². The maximum absolute atomic E-state index is 9.09. The summed E-state index contributed by atoms with van der Waals surface area (Å²) in [6.07, 6.45) is 0. The SMILES string of the molecule is COCC(CO)Nc1nc(NN)nc(OC)n1. The summed E-state index contributed by atoms with van der Waals surface area (Å²) >= 11 is 0. The predicted molar refractivity (Wildman–Crippen MR) is 60.6 cm³/mol. The molecule has 1 rings (SSSR count). The first kappa shape index (κ1) is 13.4. The van der Waals surface area contributed by atoms with E-state index in [4.69, 9.17) is 20.4 Å². The zero-order valence-corrected chi connectivity index (χ0v) is 9.67. The molecule has 9 heteroatoms. The van der Waals surface area contributed by atoms with Crippen LogP contribution in [0.5, 0.6) is 6.01 Å². The topological polar surface area (TPSA) is 127 Å². The van der Waals surface area contributed by atoms with Crippen molar-refractivity contribution in [1.29, 1.82) is 0 Å². The fraction of sp³-hybridized carbons (Fsp3) is 0.625. The number of nitrogens with zero attached hydrogens (tertiary/aromatic N) is 3. The molecular weight excluding hydrogens is 228 g/mol. The molecule has 1 unspecified atom stereocenters. The molecule has 0 aromatic carbocycles. The van der Waals surface area contributed by atoms with Crippen molar-refractivity contribution in [3.05, 3.63) is 0 Å². The number of aliphatic hydroxyl groups is 1. The van der Waals surface area contributed by atoms with Gasteiger partial charge in [0.1, 0.15) is 0 Å². The van der Waals surface area contributed by atoms with Crippen molar-refractivity contribution < 1.29 is 14.6 Å². The van der Waals surface area contributed by atoms with Crippen LogP contribution in [0.2, 0.25) is 0 Å². The van der Waals surface area contributed by atoms with E-state index in [0.717, 1.165) is 0 Å². The number of anilines is 2. The van der Waals surface area contributed by atoms with Gasteiger partial charge in [-0.05, 0) is 0 Å². The summed E-state index contributed by atoms with van der Waals surface area (Å²) in [5.41, 5.74) is 2.29. The Morgan fingerprint density at radius 2 is 2.00 bits per heavy atom. The van der Waals surface area contributed by atoms with Crippen LogP contribution in [-0.4, -0.2) is 53.5 Å². The van der Waals surface area contributed by atoms with Crippen LogP contribution in [-0.2, 0) is 4.74 Å². The van der Waals surface area contributed by atoms with Gasteiger partial charge in [0.25, 0.3) is 0 Å². The molecule has 5 N–H and O–H groups in total. The van der Waals surface area contributed by atoms with Gasteiger partial charge < -0.3 is 19.9 Å². The molecular formula is C8H16N6O3. The van der Waals surface area contributed by atoms with Crippen LogP contribution in [0.3, 0.4) is 0 Å². The third-order valence-electron chi connectivity index (χ3n) is 1.85. The van der Waals surface area contributed by atoms with Gasteiger partial charge in [0.05, 0.1) is 26.4 Å². The number of ether oxygens (including phenoxy) is 2. The van der Waals surface area contributed by atoms with Crippen molar-refractivity contribution in [3.8, 4) is 6.01 Å². The van der Waals surface area contributed by atoms with Crippen molar-refractivity contribution in [2.75, 3.05) is 38.2 Å². The number of hydrogen-bond donors (Lipinski definition) is 4. The minimum atomic E-state index is -0.322. The lowest BCUT2D eigenvalue weighted by Crippen LogP contribution is -2.30. The first-order chi connectivity index (χ1) is 8.23. The maximum atomic E-state index is 9.09. The highest BCUT2D eigenvalue weighted by Gasteiger charge is 2.11. The highest BCUT2D eigenvalue weighted by molar-refractivity contribution is 5.35. The Labute approximate surface area is 98.3 Å². The van der Waals surface area contributed by atoms with Crippen LogP contribution < -0.4 is 21.3 Å². The van der Waals surface area contributed by atoms with E-state index in [1.54, 1.807) is 0 Å². The Balaban J connectivity index is 2.81. The number of nitrogens with two attached hydrogens (primary N) is 1. The molecule has 0 spiro atoms. The monoisotopic (exact) mass is 244 g/mol. The Bertz CT molecular complexity index is 328. The molecule has 0 aliphatic rings. The summed E-state index contributed by atoms with van der Waals surface area (Å²) in [4.78, 5) is 11.7. The van der Waals surface area contributed by atoms with Gasteiger partial charge >= 0.3 is 6.01 Å². The number of hydrazine groups is 1. The smallest absolute Gasteiger partial charge is 0.322 e. The summed E-state index contributed by atoms with van der Waals surface area (Å²) in [5.74, 6) is 5.60. The largest absolute Gasteiger partial charge is 0.467 e. The molecule has 1 heterocycles. The molecule has 1 aromatic heterocycles. The number of hydrogen-bond acceptors (Lipinski definition) is 9. The standard InChI is InChI=1S/C8H16N6O3/c1-16-4-5(3-15)10-6-11-7(14-9)13-8(12-6)17-2/h5,15H,3-4,9H2,1-2H3,(H2,10,11,12,13,14). The van der Waals surface area contributed by atoms with Crippen LogP contribution in [0, 0.1) is 0 Å². The molecule has 0 fully saturated rings. The Hall–Kier alpha value is -1.71. The Morgan fingerprint density at radius 3 is 2.53 bits per heavy atom. The van der Waals surface area contributed by atoms with E-state index in [9.17, 15) is 0 Å². The predicted octanol–water partition coefficient (Wildman–Crippen LogP) is -1.41. The van der Waals surface area contributed by atoms with Crippen LogP contribution in [0.25, 0.3) is 0 Å². The fourth-order valence-electron chi connectivity index (χ4n) is 1.10. The van der Waals surface area contributed by atoms with Crippen molar-refractivity contribution in [1.82, 2.24) is 15.0 Å². The minimum absolute atomic E-state index is 0.115. The average molecular weight is 244 g/mol. The van der Waals surface area contributed by atoms with Gasteiger partial charge in [-0.15, -0.1) is 0 Å². The van der Waals surface area contributed by atoms with E-state index >= 15 is 0 Å². The van der Waals surface area contributed by atoms with Crippen LogP contribution in [0.1, 0.15) is 0 Å². The minimum Gasteiger partial charge on any atom is -0.467 e. The molecule has 96 valence electrons. The second kappa shape index (κ2) is 6.78. The number of aromatic nitrogens is 3. The van der Waals surface area contributed by atoms with Crippen molar-refractivity contribution >= 4 is 11.9 Å². The molecule has 0 saturated carbocycles. The number of rotatable bonds is 7. The van der Waals surface area contributed by atoms with Gasteiger partial charge in [-0.25, -0.2) is 5.84 Å². The van der Waals surface area contributed by atoms with Gasteiger partial charge in [-0.3, -0.25) is 5.43 Å². The molecule has 0 bridgehead atoms. The lowest BCUT2D eigenvalue weighted by atomic mass is 10.3. The number of nitrogens with one attached hydrogen (secondary N) is 2. The maximum Gasteiger partial charge on any atom is 0.322 e. The number of aliphatic hydroxyl groups excluding tert-OH is 1. The first-order valence-corrected chi connectivity index (χ1v) is 4.86. The van der Waals surface area contributed by atoms with E-state index in [1.165, 1.54) is 14.2 Å².